The van der Waals surface area contributed by atoms with Gasteiger partial charge in [0.15, 0.2) is 0 Å². The molecule has 0 fully saturated rings. The van der Waals surface area contributed by atoms with Gasteiger partial charge in [0.25, 0.3) is 0 Å². The Kier molecular flexibility index (Phi) is 4.74. The molecular weight excluding hydrogens is 245 g/mol. The van der Waals surface area contributed by atoms with Crippen molar-refractivity contribution in [3.8, 4) is 5.75 Å². The molecule has 0 aliphatic carbocycles. The number of ether oxygens (including phenoxy) is 1. The number of nitrogens with two attached hydrogens (primary N) is 1. The van der Waals surface area contributed by atoms with Crippen LogP contribution in [0, 0.1) is 5.82 Å². The Morgan fingerprint density at radius 1 is 1.41 bits per heavy atom. The van der Waals surface area contributed by atoms with E-state index in [1.165, 1.54) is 12.1 Å². The average molecular weight is 261 g/mol. The van der Waals surface area contributed by atoms with Crippen molar-refractivity contribution in [3.63, 3.8) is 0 Å². The Morgan fingerprint density at radius 2 is 2.12 bits per heavy atom. The lowest BCUT2D eigenvalue weighted by Gasteiger charge is -2.08. The van der Waals surface area contributed by atoms with Crippen LogP contribution in [0.5, 0.6) is 5.75 Å². The maximum absolute atomic E-state index is 12.7. The van der Waals surface area contributed by atoms with Gasteiger partial charge in [0.2, 0.25) is 0 Å². The molecule has 4 nitrogen and oxygen atoms in total. The first-order valence-corrected chi connectivity index (χ1v) is 7.15. The van der Waals surface area contributed by atoms with Gasteiger partial charge in [-0.1, -0.05) is 6.92 Å². The summed E-state index contributed by atoms with van der Waals surface area (Å²) in [6, 6.07) is 3.84. The molecule has 0 atom stereocenters. The van der Waals surface area contributed by atoms with Crippen LogP contribution in [0.4, 0.5) is 10.1 Å². The van der Waals surface area contributed by atoms with E-state index in [0.29, 0.717) is 12.2 Å². The van der Waals surface area contributed by atoms with Gasteiger partial charge in [-0.2, -0.15) is 0 Å². The molecule has 2 N–H and O–H groups in total. The zero-order valence-corrected chi connectivity index (χ0v) is 10.5. The van der Waals surface area contributed by atoms with E-state index < -0.39 is 15.7 Å². The van der Waals surface area contributed by atoms with E-state index in [2.05, 4.69) is 0 Å². The number of sulfone groups is 1. The van der Waals surface area contributed by atoms with Crippen molar-refractivity contribution >= 4 is 15.5 Å². The van der Waals surface area contributed by atoms with E-state index in [1.54, 1.807) is 6.92 Å². The molecule has 0 saturated heterocycles. The lowest BCUT2D eigenvalue weighted by Crippen LogP contribution is -2.12. The minimum atomic E-state index is -2.96. The van der Waals surface area contributed by atoms with Gasteiger partial charge in [-0.3, -0.25) is 0 Å². The minimum absolute atomic E-state index is 0.0879. The van der Waals surface area contributed by atoms with Gasteiger partial charge in [-0.15, -0.1) is 0 Å². The highest BCUT2D eigenvalue weighted by atomic mass is 32.2. The molecule has 17 heavy (non-hydrogen) atoms. The fraction of sp³-hybridized carbons (Fsp3) is 0.455. The Morgan fingerprint density at radius 3 is 2.71 bits per heavy atom. The summed E-state index contributed by atoms with van der Waals surface area (Å²) in [5.74, 6) is 0.166. The zero-order chi connectivity index (χ0) is 12.9. The largest absolute Gasteiger partial charge is 0.491 e. The third kappa shape index (κ3) is 4.60. The number of hydrogen-bond donors (Lipinski definition) is 1. The number of rotatable bonds is 6. The van der Waals surface area contributed by atoms with Crippen molar-refractivity contribution in [1.29, 1.82) is 0 Å². The van der Waals surface area contributed by atoms with E-state index in [-0.39, 0.29) is 23.8 Å². The normalized spacial score (nSPS) is 11.4. The van der Waals surface area contributed by atoms with Gasteiger partial charge >= 0.3 is 0 Å². The topological polar surface area (TPSA) is 69.4 Å². The van der Waals surface area contributed by atoms with Crippen molar-refractivity contribution in [1.82, 2.24) is 0 Å². The SMILES string of the molecule is CCS(=O)(=O)CCCOc1ccc(F)cc1N. The molecule has 96 valence electrons. The molecule has 0 bridgehead atoms. The molecule has 0 aromatic heterocycles. The molecule has 0 unspecified atom stereocenters. The van der Waals surface area contributed by atoms with Crippen LogP contribution in [0.15, 0.2) is 18.2 Å². The standard InChI is InChI=1S/C11H16FNO3S/c1-2-17(14,15)7-3-6-16-11-5-4-9(12)8-10(11)13/h4-5,8H,2-3,6-7,13H2,1H3. The van der Waals surface area contributed by atoms with Crippen LogP contribution >= 0.6 is 0 Å². The van der Waals surface area contributed by atoms with Crippen LogP contribution in [-0.2, 0) is 9.84 Å². The third-order valence-electron chi connectivity index (χ3n) is 2.27. The van der Waals surface area contributed by atoms with Crippen LogP contribution in [0.2, 0.25) is 0 Å². The summed E-state index contributed by atoms with van der Waals surface area (Å²) >= 11 is 0. The maximum Gasteiger partial charge on any atom is 0.150 e. The van der Waals surface area contributed by atoms with Gasteiger partial charge < -0.3 is 10.5 Å². The van der Waals surface area contributed by atoms with Crippen LogP contribution in [0.25, 0.3) is 0 Å². The zero-order valence-electron chi connectivity index (χ0n) is 9.65. The van der Waals surface area contributed by atoms with Gasteiger partial charge in [0, 0.05) is 11.8 Å². The maximum atomic E-state index is 12.7. The third-order valence-corrected chi connectivity index (χ3v) is 4.06. The molecule has 1 rings (SSSR count). The highest BCUT2D eigenvalue weighted by Gasteiger charge is 2.07. The summed E-state index contributed by atoms with van der Waals surface area (Å²) in [7, 11) is -2.96. The Bertz CT molecular complexity index is 474. The molecule has 0 radical (unpaired) electrons. The highest BCUT2D eigenvalue weighted by molar-refractivity contribution is 7.91. The predicted octanol–water partition coefficient (Wildman–Crippen LogP) is 1.61. The smallest absolute Gasteiger partial charge is 0.150 e. The van der Waals surface area contributed by atoms with Gasteiger partial charge in [0.05, 0.1) is 18.0 Å². The number of halogens is 1. The summed E-state index contributed by atoms with van der Waals surface area (Å²) in [6.07, 6.45) is 0.396. The predicted molar refractivity (Wildman–Crippen MR) is 65.3 cm³/mol. The quantitative estimate of drug-likeness (QED) is 0.624. The average Bonchev–Trinajstić information content (AvgIpc) is 2.27. The Labute approximate surface area is 101 Å². The van der Waals surface area contributed by atoms with Gasteiger partial charge in [-0.05, 0) is 18.6 Å². The van der Waals surface area contributed by atoms with Crippen LogP contribution in [0.1, 0.15) is 13.3 Å². The van der Waals surface area contributed by atoms with Crippen molar-refractivity contribution < 1.29 is 17.5 Å². The fourth-order valence-electron chi connectivity index (χ4n) is 1.26. The van der Waals surface area contributed by atoms with E-state index in [1.807, 2.05) is 0 Å². The Hall–Kier alpha value is -1.30. The van der Waals surface area contributed by atoms with E-state index in [0.717, 1.165) is 6.07 Å². The second-order valence-electron chi connectivity index (χ2n) is 3.62. The lowest BCUT2D eigenvalue weighted by atomic mass is 10.3. The lowest BCUT2D eigenvalue weighted by molar-refractivity contribution is 0.319. The highest BCUT2D eigenvalue weighted by Crippen LogP contribution is 2.21. The van der Waals surface area contributed by atoms with Crippen molar-refractivity contribution in [3.05, 3.63) is 24.0 Å². The molecule has 0 saturated carbocycles. The van der Waals surface area contributed by atoms with Gasteiger partial charge in [-0.25, -0.2) is 12.8 Å². The molecular formula is C11H16FNO3S. The number of nitrogen functional groups attached to an aromatic ring is 1. The van der Waals surface area contributed by atoms with Crippen molar-refractivity contribution in [2.45, 2.75) is 13.3 Å². The number of anilines is 1. The fourth-order valence-corrected chi connectivity index (χ4v) is 2.10. The van der Waals surface area contributed by atoms with Crippen molar-refractivity contribution in [2.24, 2.45) is 0 Å². The summed E-state index contributed by atoms with van der Waals surface area (Å²) in [4.78, 5) is 0. The number of hydrogen-bond acceptors (Lipinski definition) is 4. The summed E-state index contributed by atoms with van der Waals surface area (Å²) in [5.41, 5.74) is 5.74. The minimum Gasteiger partial charge on any atom is -0.491 e. The Balaban J connectivity index is 2.41. The van der Waals surface area contributed by atoms with Crippen molar-refractivity contribution in [2.75, 3.05) is 23.8 Å². The molecule has 0 heterocycles. The molecule has 1 aromatic carbocycles. The van der Waals surface area contributed by atoms with E-state index in [9.17, 15) is 12.8 Å². The second-order valence-corrected chi connectivity index (χ2v) is 6.09. The van der Waals surface area contributed by atoms with Crippen LogP contribution in [0.3, 0.4) is 0 Å². The molecule has 0 aliphatic rings. The molecule has 1 aromatic rings. The summed E-state index contributed by atoms with van der Waals surface area (Å²) < 4.78 is 40.4. The molecule has 0 amide bonds. The first-order valence-electron chi connectivity index (χ1n) is 5.33. The van der Waals surface area contributed by atoms with Gasteiger partial charge in [0.1, 0.15) is 21.4 Å². The molecule has 6 heteroatoms. The van der Waals surface area contributed by atoms with E-state index in [4.69, 9.17) is 10.5 Å². The second kappa shape index (κ2) is 5.86. The van der Waals surface area contributed by atoms with E-state index >= 15 is 0 Å². The molecule has 0 aliphatic heterocycles. The van der Waals surface area contributed by atoms with Crippen LogP contribution in [-0.4, -0.2) is 26.5 Å². The first kappa shape index (κ1) is 13.8. The van der Waals surface area contributed by atoms with Crippen LogP contribution < -0.4 is 10.5 Å². The summed E-state index contributed by atoms with van der Waals surface area (Å²) in [5, 5.41) is 0. The monoisotopic (exact) mass is 261 g/mol. The number of benzene rings is 1. The molecule has 0 spiro atoms. The first-order chi connectivity index (χ1) is 7.94. The summed E-state index contributed by atoms with van der Waals surface area (Å²) in [6.45, 7) is 1.85.